The van der Waals surface area contributed by atoms with E-state index in [9.17, 15) is 9.59 Å². The first kappa shape index (κ1) is 34.7. The van der Waals surface area contributed by atoms with Gasteiger partial charge in [-0.15, -0.1) is 0 Å². The summed E-state index contributed by atoms with van der Waals surface area (Å²) >= 11 is 0. The van der Waals surface area contributed by atoms with Crippen LogP contribution in [0.25, 0.3) is 0 Å². The zero-order valence-corrected chi connectivity index (χ0v) is 31.2. The quantitative estimate of drug-likeness (QED) is 0.199. The zero-order valence-electron chi connectivity index (χ0n) is 31.2. The number of nitrogens with one attached hydrogen (secondary N) is 4. The van der Waals surface area contributed by atoms with Gasteiger partial charge in [-0.2, -0.15) is 0 Å². The van der Waals surface area contributed by atoms with Gasteiger partial charge in [-0.3, -0.25) is 9.80 Å². The second-order valence-electron chi connectivity index (χ2n) is 17.7. The Balaban J connectivity index is 0.665. The van der Waals surface area contributed by atoms with Crippen molar-refractivity contribution in [3.8, 4) is 0 Å². The molecule has 0 aromatic heterocycles. The topological polar surface area (TPSA) is 88.7 Å². The third-order valence-corrected chi connectivity index (χ3v) is 14.8. The molecule has 280 valence electrons. The molecule has 8 heteroatoms. The van der Waals surface area contributed by atoms with Gasteiger partial charge < -0.3 is 21.3 Å². The summed E-state index contributed by atoms with van der Waals surface area (Å²) in [6.45, 7) is 2.40. The fourth-order valence-electron chi connectivity index (χ4n) is 12.0. The summed E-state index contributed by atoms with van der Waals surface area (Å²) in [5.74, 6) is 1.52. The van der Waals surface area contributed by atoms with Crippen LogP contribution in [-0.2, 0) is 0 Å². The molecule has 6 unspecified atom stereocenters. The second kappa shape index (κ2) is 15.3. The van der Waals surface area contributed by atoms with Crippen LogP contribution >= 0.6 is 0 Å². The molecular weight excluding hydrogens is 645 g/mol. The van der Waals surface area contributed by atoms with E-state index in [4.69, 9.17) is 0 Å². The molecule has 7 aliphatic rings. The van der Waals surface area contributed by atoms with Gasteiger partial charge in [0.15, 0.2) is 0 Å². The maximum atomic E-state index is 13.2. The molecule has 5 fully saturated rings. The number of benzene rings is 2. The summed E-state index contributed by atoms with van der Waals surface area (Å²) < 4.78 is 0. The average Bonchev–Trinajstić information content (AvgIpc) is 3.93. The van der Waals surface area contributed by atoms with E-state index in [2.05, 4.69) is 79.6 Å². The maximum Gasteiger partial charge on any atom is 0.315 e. The normalized spacial score (nSPS) is 35.2. The standard InChI is InChI=1S/C44H62N6O2/c51-43(45-31-17-13-29(14-18-31)25-27-49-39-21-22-40(49)34-8-2-1-7-33(34)39)47-37-11-5-6-12-38(37)48-44(52)46-32-19-15-30(16-20-32)26-28-50-41-23-24-42(50)36-10-4-3-9-35(36)41/h1-4,7-10,29-32,37-42H,5-6,11-28H2,(H2,45,47,51)(H2,46,48,52). The number of rotatable bonds is 10. The van der Waals surface area contributed by atoms with Gasteiger partial charge >= 0.3 is 12.1 Å². The van der Waals surface area contributed by atoms with Gasteiger partial charge in [0.2, 0.25) is 0 Å². The van der Waals surface area contributed by atoms with Crippen molar-refractivity contribution in [2.24, 2.45) is 11.8 Å². The van der Waals surface area contributed by atoms with Gasteiger partial charge in [0.25, 0.3) is 0 Å². The van der Waals surface area contributed by atoms with E-state index in [0.29, 0.717) is 24.2 Å². The molecule has 4 aliphatic heterocycles. The van der Waals surface area contributed by atoms with Gasteiger partial charge in [-0.1, -0.05) is 61.4 Å². The Morgan fingerprint density at radius 1 is 0.462 bits per heavy atom. The molecule has 4 bridgehead atoms. The SMILES string of the molecule is O=C(NC1CCC(CCN2C3CCC2c2ccccc23)CC1)NC1CCCCC1NC(=O)NC1CCC(CCN2C3CCC2c2ccccc23)CC1. The molecule has 2 saturated heterocycles. The van der Waals surface area contributed by atoms with E-state index in [1.165, 1.54) is 77.3 Å². The Bertz CT molecular complexity index is 1390. The summed E-state index contributed by atoms with van der Waals surface area (Å²) in [7, 11) is 0. The fraction of sp³-hybridized carbons (Fsp3) is 0.682. The van der Waals surface area contributed by atoms with E-state index in [-0.39, 0.29) is 36.2 Å². The molecule has 9 rings (SSSR count). The molecule has 2 aromatic carbocycles. The summed E-state index contributed by atoms with van der Waals surface area (Å²) in [6, 6.07) is 21.1. The summed E-state index contributed by atoms with van der Waals surface area (Å²) in [6.07, 6.45) is 20.9. The largest absolute Gasteiger partial charge is 0.335 e. The van der Waals surface area contributed by atoms with Crippen LogP contribution in [0.15, 0.2) is 48.5 Å². The van der Waals surface area contributed by atoms with Crippen molar-refractivity contribution in [2.45, 2.75) is 164 Å². The summed E-state index contributed by atoms with van der Waals surface area (Å²) in [5, 5.41) is 13.2. The van der Waals surface area contributed by atoms with Crippen molar-refractivity contribution in [1.29, 1.82) is 0 Å². The van der Waals surface area contributed by atoms with Crippen LogP contribution in [0, 0.1) is 11.8 Å². The Morgan fingerprint density at radius 2 is 0.808 bits per heavy atom. The Morgan fingerprint density at radius 3 is 1.15 bits per heavy atom. The minimum atomic E-state index is -0.0573. The predicted molar refractivity (Wildman–Crippen MR) is 206 cm³/mol. The van der Waals surface area contributed by atoms with E-state index >= 15 is 0 Å². The van der Waals surface area contributed by atoms with Crippen molar-refractivity contribution in [3.63, 3.8) is 0 Å². The molecule has 0 spiro atoms. The first-order valence-electron chi connectivity index (χ1n) is 21.4. The minimum absolute atomic E-state index is 0.0152. The molecule has 3 saturated carbocycles. The zero-order chi connectivity index (χ0) is 35.0. The molecule has 52 heavy (non-hydrogen) atoms. The highest BCUT2D eigenvalue weighted by Crippen LogP contribution is 2.54. The van der Waals surface area contributed by atoms with Gasteiger partial charge in [0, 0.05) is 36.3 Å². The Hall–Kier alpha value is -3.10. The lowest BCUT2D eigenvalue weighted by Crippen LogP contribution is -2.58. The molecule has 4 N–H and O–H groups in total. The van der Waals surface area contributed by atoms with Crippen LogP contribution in [0.5, 0.6) is 0 Å². The summed E-state index contributed by atoms with van der Waals surface area (Å²) in [5.41, 5.74) is 6.31. The minimum Gasteiger partial charge on any atom is -0.335 e. The molecule has 3 aliphatic carbocycles. The van der Waals surface area contributed by atoms with Crippen molar-refractivity contribution in [2.75, 3.05) is 13.1 Å². The lowest BCUT2D eigenvalue weighted by molar-refractivity contribution is 0.181. The number of hydrogen-bond acceptors (Lipinski definition) is 4. The van der Waals surface area contributed by atoms with Crippen LogP contribution in [-0.4, -0.2) is 59.1 Å². The van der Waals surface area contributed by atoms with Gasteiger partial charge in [-0.05, 0) is 150 Å². The van der Waals surface area contributed by atoms with E-state index in [1.54, 1.807) is 22.3 Å². The van der Waals surface area contributed by atoms with Crippen LogP contribution in [0.1, 0.15) is 162 Å². The highest BCUT2D eigenvalue weighted by molar-refractivity contribution is 5.76. The van der Waals surface area contributed by atoms with Gasteiger partial charge in [0.1, 0.15) is 0 Å². The number of nitrogens with zero attached hydrogens (tertiary/aromatic N) is 2. The average molecular weight is 707 g/mol. The van der Waals surface area contributed by atoms with Gasteiger partial charge in [-0.25, -0.2) is 9.59 Å². The monoisotopic (exact) mass is 706 g/mol. The molecule has 0 radical (unpaired) electrons. The number of amides is 4. The number of carbonyl (C=O) groups is 2. The highest BCUT2D eigenvalue weighted by Gasteiger charge is 2.44. The second-order valence-corrected chi connectivity index (χ2v) is 17.7. The van der Waals surface area contributed by atoms with E-state index in [0.717, 1.165) is 63.2 Å². The van der Waals surface area contributed by atoms with Crippen LogP contribution in [0.2, 0.25) is 0 Å². The number of fused-ring (bicyclic) bond motifs is 10. The number of urea groups is 2. The summed E-state index contributed by atoms with van der Waals surface area (Å²) in [4.78, 5) is 32.0. The first-order chi connectivity index (χ1) is 25.6. The molecule has 4 amide bonds. The van der Waals surface area contributed by atoms with Crippen LogP contribution in [0.3, 0.4) is 0 Å². The molecule has 8 nitrogen and oxygen atoms in total. The first-order valence-corrected chi connectivity index (χ1v) is 21.4. The van der Waals surface area contributed by atoms with Gasteiger partial charge in [0.05, 0.1) is 12.1 Å². The third kappa shape index (κ3) is 7.11. The smallest absolute Gasteiger partial charge is 0.315 e. The third-order valence-electron chi connectivity index (χ3n) is 14.8. The van der Waals surface area contributed by atoms with E-state index < -0.39 is 0 Å². The van der Waals surface area contributed by atoms with Crippen molar-refractivity contribution in [3.05, 3.63) is 70.8 Å². The lowest BCUT2D eigenvalue weighted by atomic mass is 9.84. The lowest BCUT2D eigenvalue weighted by Gasteiger charge is -2.35. The molecule has 6 atom stereocenters. The van der Waals surface area contributed by atoms with E-state index in [1.807, 2.05) is 0 Å². The highest BCUT2D eigenvalue weighted by atomic mass is 16.2. The fourth-order valence-corrected chi connectivity index (χ4v) is 12.0. The van der Waals surface area contributed by atoms with Crippen molar-refractivity contribution in [1.82, 2.24) is 31.1 Å². The van der Waals surface area contributed by atoms with Crippen LogP contribution in [0.4, 0.5) is 9.59 Å². The van der Waals surface area contributed by atoms with Crippen LogP contribution < -0.4 is 21.3 Å². The Labute approximate surface area is 311 Å². The maximum absolute atomic E-state index is 13.2. The molecular formula is C44H62N6O2. The molecule has 2 aromatic rings. The number of carbonyl (C=O) groups excluding carboxylic acids is 2. The Kier molecular flexibility index (Phi) is 10.2. The van der Waals surface area contributed by atoms with Crippen molar-refractivity contribution < 1.29 is 9.59 Å². The number of hydrogen-bond donors (Lipinski definition) is 4. The predicted octanol–water partition coefficient (Wildman–Crippen LogP) is 8.58. The molecule has 4 heterocycles. The van der Waals surface area contributed by atoms with Crippen molar-refractivity contribution >= 4 is 12.1 Å².